The first-order valence-corrected chi connectivity index (χ1v) is 25.7. The van der Waals surface area contributed by atoms with E-state index in [0.29, 0.717) is 55.4 Å². The monoisotopic (exact) mass is 1110 g/mol. The fraction of sp³-hybridized carbons (Fsp3) is 0. The van der Waals surface area contributed by atoms with Gasteiger partial charge in [0.15, 0.2) is 0 Å². The minimum Gasteiger partial charge on any atom is -0.267 e. The second-order valence-corrected chi connectivity index (χ2v) is 20.4. The Morgan fingerprint density at radius 1 is 0.413 bits per heavy atom. The van der Waals surface area contributed by atoms with Gasteiger partial charge >= 0.3 is 87.0 Å². The van der Waals surface area contributed by atoms with Crippen LogP contribution in [-0.4, -0.2) is 71.5 Å². The van der Waals surface area contributed by atoms with Crippen molar-refractivity contribution in [2.24, 2.45) is 10.2 Å². The van der Waals surface area contributed by atoms with Crippen LogP contribution in [0.15, 0.2) is 156 Å². The number of amides is 2. The van der Waals surface area contributed by atoms with Crippen LogP contribution in [0.4, 0.5) is 41.6 Å². The predicted molar refractivity (Wildman–Crippen MR) is 211 cm³/mol. The Bertz CT molecular complexity index is 2240. The van der Waals surface area contributed by atoms with Gasteiger partial charge in [-0.3, -0.25) is 29.5 Å². The zero-order valence-corrected chi connectivity index (χ0v) is 37.3. The number of aromatic nitrogens is 4. The average molecular weight is 1110 g/mol. The van der Waals surface area contributed by atoms with Gasteiger partial charge in [-0.05, 0) is 72.8 Å². The first-order valence-electron chi connectivity index (χ1n) is 16.4. The zero-order chi connectivity index (χ0) is 46.4. The summed E-state index contributed by atoms with van der Waals surface area (Å²) >= 11 is -10.1. The Hall–Kier alpha value is -5.30. The minimum atomic E-state index is -11.1. The number of carbonyl (C=O) groups excluding carboxylic acids is 2. The second-order valence-electron chi connectivity index (χ2n) is 11.5. The van der Waals surface area contributed by atoms with Crippen LogP contribution < -0.4 is 10.9 Å². The first-order chi connectivity index (χ1) is 28.4. The number of nitrogens with zero attached hydrogens (tertiary/aromatic N) is 6. The van der Waals surface area contributed by atoms with E-state index in [1.165, 1.54) is 0 Å². The first kappa shape index (κ1) is 53.8. The Balaban J connectivity index is 0.000000330. The molecule has 0 radical (unpaired) electrons. The van der Waals surface area contributed by atoms with Crippen LogP contribution >= 0.6 is 23.2 Å². The Kier molecular flexibility index (Phi) is 17.5. The van der Waals surface area contributed by atoms with Gasteiger partial charge in [-0.1, -0.05) is 71.7 Å². The molecule has 10 nitrogen and oxygen atoms in total. The van der Waals surface area contributed by atoms with Crippen molar-refractivity contribution in [2.45, 2.75) is 0 Å². The van der Waals surface area contributed by atoms with Crippen molar-refractivity contribution < 1.29 is 68.3 Å². The van der Waals surface area contributed by atoms with Crippen molar-refractivity contribution in [3.05, 3.63) is 190 Å². The molecule has 63 heavy (non-hydrogen) atoms. The quantitative estimate of drug-likeness (QED) is 0.0675. The predicted octanol–water partition coefficient (Wildman–Crippen LogP) is 10.9. The van der Waals surface area contributed by atoms with Gasteiger partial charge in [0.25, 0.3) is 11.8 Å². The Morgan fingerprint density at radius 2 is 0.635 bits per heavy atom. The third-order valence-electron chi connectivity index (χ3n) is 6.41. The number of hydrogen-bond donors (Lipinski definition) is 2. The smallest absolute Gasteiger partial charge is 0.267 e. The van der Waals surface area contributed by atoms with E-state index < -0.39 is 40.2 Å². The van der Waals surface area contributed by atoms with E-state index in [-0.39, 0.29) is 17.1 Å². The van der Waals surface area contributed by atoms with Crippen LogP contribution in [0, 0.1) is 0 Å². The molecule has 27 heteroatoms. The molecule has 0 saturated heterocycles. The van der Waals surface area contributed by atoms with Gasteiger partial charge in [0.1, 0.15) is 11.4 Å². The molecule has 0 unspecified atom stereocenters. The summed E-state index contributed by atoms with van der Waals surface area (Å²) in [5.74, 6) is -0.796. The number of hydrogen-bond acceptors (Lipinski definition) is 8. The number of benzene rings is 2. The molecule has 6 aromatic rings. The van der Waals surface area contributed by atoms with Gasteiger partial charge < -0.3 is 0 Å². The van der Waals surface area contributed by atoms with Gasteiger partial charge in [-0.2, -0.15) is 10.2 Å². The standard InChI is InChI=1S/2C18H13ClN4O.2AsF6.Fe/c2*19-14-8-2-1-7-13(14)18(24)23-22-17(15-9-3-5-11-20-15)16-10-4-6-12-21-16;2*2-1(3,4,5,6)7;/h2*1-12H,(H,23,24);;;/q;;2*-1;+2. The third-order valence-corrected chi connectivity index (χ3v) is 7.06. The molecule has 0 atom stereocenters. The van der Waals surface area contributed by atoms with Crippen molar-refractivity contribution in [1.29, 1.82) is 0 Å². The molecule has 2 N–H and O–H groups in total. The molecule has 0 aliphatic carbocycles. The van der Waals surface area contributed by atoms with E-state index in [1.54, 1.807) is 97.6 Å². The number of carbonyl (C=O) groups is 2. The van der Waals surface area contributed by atoms with Crippen LogP contribution in [0.3, 0.4) is 0 Å². The van der Waals surface area contributed by atoms with Crippen LogP contribution in [0.2, 0.25) is 10.0 Å². The Labute approximate surface area is 372 Å². The summed E-state index contributed by atoms with van der Waals surface area (Å²) in [4.78, 5) is 41.7. The molecule has 338 valence electrons. The van der Waals surface area contributed by atoms with E-state index in [9.17, 15) is 51.2 Å². The molecule has 4 heterocycles. The molecule has 0 fully saturated rings. The molecule has 4 aromatic heterocycles. The molecular formula is C36H26As2Cl2F12FeN8O2. The van der Waals surface area contributed by atoms with Gasteiger partial charge in [-0.25, -0.2) is 10.9 Å². The van der Waals surface area contributed by atoms with Crippen LogP contribution in [0.25, 0.3) is 0 Å². The second kappa shape index (κ2) is 20.5. The summed E-state index contributed by atoms with van der Waals surface area (Å²) in [6.07, 6.45) is 6.63. The van der Waals surface area contributed by atoms with Crippen molar-refractivity contribution in [3.63, 3.8) is 0 Å². The summed E-state index contributed by atoms with van der Waals surface area (Å²) in [7, 11) is 0. The van der Waals surface area contributed by atoms with E-state index >= 15 is 0 Å². The SMILES string of the molecule is F[As-](F)(F)(F)(F)F.F[As-](F)(F)(F)(F)F.O=C(NN=C(c1ccccn1)c1ccccn1)c1ccccc1Cl.O=C(NN=C(c1ccccn1)c1ccccn1)c1ccccc1Cl.[Fe+2]. The molecule has 0 bridgehead atoms. The summed E-state index contributed by atoms with van der Waals surface area (Å²) in [5, 5.41) is 9.16. The number of halogens is 14. The zero-order valence-electron chi connectivity index (χ0n) is 30.9. The maximum atomic E-state index is 12.3. The van der Waals surface area contributed by atoms with Crippen molar-refractivity contribution in [2.75, 3.05) is 0 Å². The number of pyridine rings is 4. The van der Waals surface area contributed by atoms with Gasteiger partial charge in [0.2, 0.25) is 0 Å². The van der Waals surface area contributed by atoms with Crippen molar-refractivity contribution >= 4 is 74.8 Å². The molecular weight excluding hydrogens is 1080 g/mol. The minimum absolute atomic E-state index is 0. The van der Waals surface area contributed by atoms with Gasteiger partial charge in [-0.15, -0.1) is 0 Å². The molecule has 0 spiro atoms. The van der Waals surface area contributed by atoms with Gasteiger partial charge in [0.05, 0.1) is 43.9 Å². The van der Waals surface area contributed by atoms with E-state index in [2.05, 4.69) is 41.0 Å². The summed E-state index contributed by atoms with van der Waals surface area (Å²) < 4.78 is 119. The summed E-state index contributed by atoms with van der Waals surface area (Å²) in [5.41, 5.74) is 9.11. The summed E-state index contributed by atoms with van der Waals surface area (Å²) in [6, 6.07) is 35.4. The fourth-order valence-corrected chi connectivity index (χ4v) is 4.57. The number of hydrazone groups is 2. The molecule has 0 aliphatic rings. The number of rotatable bonds is 8. The molecule has 2 aromatic carbocycles. The molecule has 0 saturated carbocycles. The maximum Gasteiger partial charge on any atom is 2.00 e. The maximum absolute atomic E-state index is 12.3. The summed E-state index contributed by atoms with van der Waals surface area (Å²) in [6.45, 7) is 0. The molecule has 0 aliphatic heterocycles. The van der Waals surface area contributed by atoms with Crippen LogP contribution in [-0.2, 0) is 17.1 Å². The fourth-order valence-electron chi connectivity index (χ4n) is 4.13. The van der Waals surface area contributed by atoms with E-state index in [0.717, 1.165) is 0 Å². The van der Waals surface area contributed by atoms with Crippen LogP contribution in [0.5, 0.6) is 0 Å². The molecule has 6 rings (SSSR count). The normalized spacial score (nSPS) is 12.8. The van der Waals surface area contributed by atoms with E-state index in [1.807, 2.05) is 48.5 Å². The third kappa shape index (κ3) is 24.8. The molecule has 2 amide bonds. The topological polar surface area (TPSA) is 134 Å². The number of nitrogens with one attached hydrogen (secondary N) is 2. The average Bonchev–Trinajstić information content (AvgIpc) is 3.18. The van der Waals surface area contributed by atoms with Crippen LogP contribution in [0.1, 0.15) is 43.5 Å². The van der Waals surface area contributed by atoms with Gasteiger partial charge in [0, 0.05) is 24.8 Å². The Morgan fingerprint density at radius 3 is 0.841 bits per heavy atom. The van der Waals surface area contributed by atoms with Crippen molar-refractivity contribution in [3.8, 4) is 0 Å². The van der Waals surface area contributed by atoms with E-state index in [4.69, 9.17) is 23.2 Å². The largest absolute Gasteiger partial charge is 2.00 e. The van der Waals surface area contributed by atoms with Crippen molar-refractivity contribution in [1.82, 2.24) is 30.8 Å².